The van der Waals surface area contributed by atoms with Crippen molar-refractivity contribution in [2.75, 3.05) is 6.54 Å². The number of rotatable bonds is 5. The van der Waals surface area contributed by atoms with Crippen molar-refractivity contribution >= 4 is 16.8 Å². The maximum Gasteiger partial charge on any atom is 0.124 e. The van der Waals surface area contributed by atoms with E-state index in [1.165, 1.54) is 5.56 Å². The standard InChI is InChI=1S/C11H13ClN2/c1-9(11(12)13)7-14-8-10-5-3-2-4-6-10/h2-6,13-14H,1,7-8H2. The van der Waals surface area contributed by atoms with Crippen LogP contribution in [0.3, 0.4) is 0 Å². The lowest BCUT2D eigenvalue weighted by molar-refractivity contribution is 0.752. The van der Waals surface area contributed by atoms with Crippen molar-refractivity contribution in [1.82, 2.24) is 5.32 Å². The molecule has 74 valence electrons. The zero-order valence-electron chi connectivity index (χ0n) is 7.89. The second kappa shape index (κ2) is 5.58. The average Bonchev–Trinajstić information content (AvgIpc) is 2.19. The van der Waals surface area contributed by atoms with Crippen LogP contribution in [0.2, 0.25) is 0 Å². The van der Waals surface area contributed by atoms with Crippen LogP contribution in [0.5, 0.6) is 0 Å². The van der Waals surface area contributed by atoms with Crippen LogP contribution >= 0.6 is 11.6 Å². The topological polar surface area (TPSA) is 35.9 Å². The van der Waals surface area contributed by atoms with E-state index >= 15 is 0 Å². The highest BCUT2D eigenvalue weighted by molar-refractivity contribution is 6.68. The fourth-order valence-corrected chi connectivity index (χ4v) is 1.10. The average molecular weight is 209 g/mol. The Morgan fingerprint density at radius 3 is 2.57 bits per heavy atom. The monoisotopic (exact) mass is 208 g/mol. The summed E-state index contributed by atoms with van der Waals surface area (Å²) in [6, 6.07) is 10.1. The van der Waals surface area contributed by atoms with Gasteiger partial charge in [0, 0.05) is 13.1 Å². The van der Waals surface area contributed by atoms with Gasteiger partial charge >= 0.3 is 0 Å². The van der Waals surface area contributed by atoms with Gasteiger partial charge in [0.25, 0.3) is 0 Å². The predicted molar refractivity (Wildman–Crippen MR) is 60.9 cm³/mol. The second-order valence-electron chi connectivity index (χ2n) is 3.01. The summed E-state index contributed by atoms with van der Waals surface area (Å²) in [4.78, 5) is 0. The number of halogens is 1. The van der Waals surface area contributed by atoms with E-state index in [2.05, 4.69) is 11.9 Å². The molecule has 1 aromatic carbocycles. The highest BCUT2D eigenvalue weighted by Crippen LogP contribution is 1.99. The highest BCUT2D eigenvalue weighted by atomic mass is 35.5. The van der Waals surface area contributed by atoms with Crippen LogP contribution in [0.25, 0.3) is 0 Å². The molecule has 0 heterocycles. The Labute approximate surface area is 89.1 Å². The van der Waals surface area contributed by atoms with E-state index in [-0.39, 0.29) is 5.17 Å². The Morgan fingerprint density at radius 2 is 2.00 bits per heavy atom. The van der Waals surface area contributed by atoms with Gasteiger partial charge in [-0.25, -0.2) is 0 Å². The van der Waals surface area contributed by atoms with Crippen molar-refractivity contribution in [2.24, 2.45) is 0 Å². The van der Waals surface area contributed by atoms with E-state index in [1.54, 1.807) is 0 Å². The fourth-order valence-electron chi connectivity index (χ4n) is 1.03. The van der Waals surface area contributed by atoms with Gasteiger partial charge in [0.15, 0.2) is 0 Å². The molecular formula is C11H13ClN2. The molecule has 2 nitrogen and oxygen atoms in total. The zero-order valence-corrected chi connectivity index (χ0v) is 8.64. The van der Waals surface area contributed by atoms with Gasteiger partial charge in [0.2, 0.25) is 0 Å². The fraction of sp³-hybridized carbons (Fsp3) is 0.182. The number of nitrogens with one attached hydrogen (secondary N) is 2. The van der Waals surface area contributed by atoms with Gasteiger partial charge < -0.3 is 5.32 Å². The molecule has 0 aromatic heterocycles. The molecule has 0 fully saturated rings. The third-order valence-corrected chi connectivity index (χ3v) is 2.09. The maximum absolute atomic E-state index is 7.11. The van der Waals surface area contributed by atoms with Crippen LogP contribution in [-0.4, -0.2) is 11.7 Å². The first kappa shape index (κ1) is 11.0. The van der Waals surface area contributed by atoms with Gasteiger partial charge in [0.1, 0.15) is 5.17 Å². The Kier molecular flexibility index (Phi) is 4.36. The summed E-state index contributed by atoms with van der Waals surface area (Å²) < 4.78 is 0. The van der Waals surface area contributed by atoms with Crippen LogP contribution in [0, 0.1) is 5.41 Å². The molecule has 3 heteroatoms. The maximum atomic E-state index is 7.11. The largest absolute Gasteiger partial charge is 0.309 e. The first-order valence-corrected chi connectivity index (χ1v) is 4.75. The predicted octanol–water partition coefficient (Wildman–Crippen LogP) is 2.55. The number of benzene rings is 1. The normalized spacial score (nSPS) is 9.79. The van der Waals surface area contributed by atoms with Crippen LogP contribution in [0.4, 0.5) is 0 Å². The first-order valence-electron chi connectivity index (χ1n) is 4.37. The summed E-state index contributed by atoms with van der Waals surface area (Å²) in [5, 5.41) is 10.3. The molecule has 0 saturated carbocycles. The molecule has 0 saturated heterocycles. The molecule has 0 aliphatic rings. The minimum Gasteiger partial charge on any atom is -0.309 e. The van der Waals surface area contributed by atoms with E-state index in [9.17, 15) is 0 Å². The molecule has 0 unspecified atom stereocenters. The second-order valence-corrected chi connectivity index (χ2v) is 3.38. The van der Waals surface area contributed by atoms with Crippen molar-refractivity contribution in [1.29, 1.82) is 5.41 Å². The lowest BCUT2D eigenvalue weighted by Gasteiger charge is -2.05. The number of hydrogen-bond acceptors (Lipinski definition) is 2. The quantitative estimate of drug-likeness (QED) is 0.717. The zero-order chi connectivity index (χ0) is 10.4. The van der Waals surface area contributed by atoms with Gasteiger partial charge in [0.05, 0.1) is 0 Å². The van der Waals surface area contributed by atoms with Crippen LogP contribution < -0.4 is 5.32 Å². The summed E-state index contributed by atoms with van der Waals surface area (Å²) in [6.45, 7) is 4.99. The van der Waals surface area contributed by atoms with E-state index in [0.29, 0.717) is 12.1 Å². The molecule has 14 heavy (non-hydrogen) atoms. The summed E-state index contributed by atoms with van der Waals surface area (Å²) in [5.41, 5.74) is 1.82. The van der Waals surface area contributed by atoms with Crippen LogP contribution in [0.1, 0.15) is 5.56 Å². The van der Waals surface area contributed by atoms with E-state index in [1.807, 2.05) is 30.3 Å². The van der Waals surface area contributed by atoms with Gasteiger partial charge in [-0.3, -0.25) is 5.41 Å². The summed E-state index contributed by atoms with van der Waals surface area (Å²) in [5.74, 6) is 0. The van der Waals surface area contributed by atoms with Crippen LogP contribution in [-0.2, 0) is 6.54 Å². The lowest BCUT2D eigenvalue weighted by Crippen LogP contribution is -2.18. The molecule has 0 bridgehead atoms. The van der Waals surface area contributed by atoms with Gasteiger partial charge in [-0.15, -0.1) is 0 Å². The molecule has 0 spiro atoms. The van der Waals surface area contributed by atoms with Crippen molar-refractivity contribution in [3.63, 3.8) is 0 Å². The van der Waals surface area contributed by atoms with E-state index in [0.717, 1.165) is 6.54 Å². The summed E-state index contributed by atoms with van der Waals surface area (Å²) in [7, 11) is 0. The summed E-state index contributed by atoms with van der Waals surface area (Å²) >= 11 is 5.45. The molecule has 1 aromatic rings. The Morgan fingerprint density at radius 1 is 1.36 bits per heavy atom. The third kappa shape index (κ3) is 3.73. The Hall–Kier alpha value is -1.12. The van der Waals surface area contributed by atoms with Gasteiger partial charge in [-0.1, -0.05) is 48.5 Å². The Bertz CT molecular complexity index is 319. The van der Waals surface area contributed by atoms with E-state index in [4.69, 9.17) is 17.0 Å². The highest BCUT2D eigenvalue weighted by Gasteiger charge is 1.97. The molecule has 0 aliphatic carbocycles. The lowest BCUT2D eigenvalue weighted by atomic mass is 10.2. The van der Waals surface area contributed by atoms with Crippen LogP contribution in [0.15, 0.2) is 42.5 Å². The molecule has 0 aliphatic heterocycles. The van der Waals surface area contributed by atoms with Crippen molar-refractivity contribution in [2.45, 2.75) is 6.54 Å². The molecule has 0 atom stereocenters. The van der Waals surface area contributed by atoms with Gasteiger partial charge in [-0.2, -0.15) is 0 Å². The third-order valence-electron chi connectivity index (χ3n) is 1.82. The first-order chi connectivity index (χ1) is 6.70. The SMILES string of the molecule is C=C(CNCc1ccccc1)C(=N)Cl. The molecule has 0 amide bonds. The van der Waals surface area contributed by atoms with Crippen molar-refractivity contribution < 1.29 is 0 Å². The molecule has 2 N–H and O–H groups in total. The minimum absolute atomic E-state index is 0.0190. The van der Waals surface area contributed by atoms with E-state index < -0.39 is 0 Å². The van der Waals surface area contributed by atoms with Gasteiger partial charge in [-0.05, 0) is 11.1 Å². The smallest absolute Gasteiger partial charge is 0.124 e. The van der Waals surface area contributed by atoms with Crippen molar-refractivity contribution in [3.05, 3.63) is 48.0 Å². The van der Waals surface area contributed by atoms with Crippen molar-refractivity contribution in [3.8, 4) is 0 Å². The Balaban J connectivity index is 2.29. The molecular weight excluding hydrogens is 196 g/mol. The molecule has 1 rings (SSSR count). The molecule has 0 radical (unpaired) electrons. The summed E-state index contributed by atoms with van der Waals surface area (Å²) in [6.07, 6.45) is 0. The number of hydrogen-bond donors (Lipinski definition) is 2. The minimum atomic E-state index is 0.0190.